The van der Waals surface area contributed by atoms with E-state index in [1.165, 1.54) is 12.1 Å². The van der Waals surface area contributed by atoms with Gasteiger partial charge in [0.25, 0.3) is 0 Å². The average Bonchev–Trinajstić information content (AvgIpc) is 2.85. The van der Waals surface area contributed by atoms with E-state index in [4.69, 9.17) is 0 Å². The minimum atomic E-state index is -3.70. The number of benzene rings is 3. The summed E-state index contributed by atoms with van der Waals surface area (Å²) in [5, 5.41) is 0. The molecule has 1 heterocycles. The molecule has 3 aromatic carbocycles. The van der Waals surface area contributed by atoms with Crippen LogP contribution >= 0.6 is 0 Å². The van der Waals surface area contributed by atoms with Crippen LogP contribution in [0.1, 0.15) is 24.8 Å². The molecule has 4 nitrogen and oxygen atoms in total. The fraction of sp³-hybridized carbons (Fsp3) is 0.250. The van der Waals surface area contributed by atoms with Gasteiger partial charge in [-0.05, 0) is 66.3 Å². The Bertz CT molecular complexity index is 1330. The fourth-order valence-electron chi connectivity index (χ4n) is 5.18. The van der Waals surface area contributed by atoms with Crippen molar-refractivity contribution in [2.75, 3.05) is 13.1 Å². The van der Waals surface area contributed by atoms with Gasteiger partial charge in [0.2, 0.25) is 10.0 Å². The van der Waals surface area contributed by atoms with E-state index in [-0.39, 0.29) is 21.9 Å². The summed E-state index contributed by atoms with van der Waals surface area (Å²) in [5.74, 6) is -0.179. The molecule has 0 spiro atoms. The molecule has 0 bridgehead atoms. The third-order valence-corrected chi connectivity index (χ3v) is 8.89. The van der Waals surface area contributed by atoms with Gasteiger partial charge in [0.05, 0.1) is 4.90 Å². The number of allylic oxidation sites excluding steroid dienone is 1. The van der Waals surface area contributed by atoms with Gasteiger partial charge in [-0.3, -0.25) is 4.79 Å². The number of piperidine rings is 1. The Morgan fingerprint density at radius 2 is 1.50 bits per heavy atom. The van der Waals surface area contributed by atoms with Crippen LogP contribution in [0.3, 0.4) is 0 Å². The second-order valence-corrected chi connectivity index (χ2v) is 11.1. The zero-order valence-corrected chi connectivity index (χ0v) is 19.6. The Kier molecular flexibility index (Phi) is 5.96. The first-order chi connectivity index (χ1) is 16.4. The van der Waals surface area contributed by atoms with Gasteiger partial charge in [-0.1, -0.05) is 60.2 Å². The number of hydrogen-bond acceptors (Lipinski definition) is 3. The Hall–Kier alpha value is -3.09. The van der Waals surface area contributed by atoms with Gasteiger partial charge < -0.3 is 0 Å². The second-order valence-electron chi connectivity index (χ2n) is 9.20. The van der Waals surface area contributed by atoms with Crippen molar-refractivity contribution in [2.24, 2.45) is 5.41 Å². The average molecular weight is 476 g/mol. The van der Waals surface area contributed by atoms with Gasteiger partial charge in [-0.15, -0.1) is 0 Å². The lowest BCUT2D eigenvalue weighted by Gasteiger charge is -2.46. The standard InChI is InChI=1S/C28H26FNO3S/c29-25-10-6-22(7-11-25)23-8-12-27(13-9-23)34(32,33)30-17-15-24-18-26(31)14-16-28(24,20-30)19-21-4-2-1-3-5-21/h1-13,18H,14-17,19-20H2. The van der Waals surface area contributed by atoms with E-state index in [2.05, 4.69) is 12.1 Å². The normalized spacial score (nSPS) is 21.1. The maximum Gasteiger partial charge on any atom is 0.243 e. The third kappa shape index (κ3) is 4.36. The van der Waals surface area contributed by atoms with Crippen molar-refractivity contribution in [1.82, 2.24) is 4.31 Å². The quantitative estimate of drug-likeness (QED) is 0.496. The zero-order chi connectivity index (χ0) is 23.8. The SMILES string of the molecule is O=C1C=C2CCN(S(=O)(=O)c3ccc(-c4ccc(F)cc4)cc3)CC2(Cc2ccccc2)CC1. The van der Waals surface area contributed by atoms with E-state index in [0.29, 0.717) is 38.8 Å². The Morgan fingerprint density at radius 3 is 2.18 bits per heavy atom. The highest BCUT2D eigenvalue weighted by Gasteiger charge is 2.45. The maximum atomic E-state index is 13.6. The molecule has 5 rings (SSSR count). The first-order valence-electron chi connectivity index (χ1n) is 11.5. The largest absolute Gasteiger partial charge is 0.295 e. The lowest BCUT2D eigenvalue weighted by molar-refractivity contribution is -0.116. The molecule has 1 aliphatic carbocycles. The molecular weight excluding hydrogens is 449 g/mol. The van der Waals surface area contributed by atoms with Crippen LogP contribution in [-0.2, 0) is 21.2 Å². The van der Waals surface area contributed by atoms with E-state index in [9.17, 15) is 17.6 Å². The van der Waals surface area contributed by atoms with Crippen LogP contribution in [0.15, 0.2) is 95.4 Å². The number of hydrogen-bond donors (Lipinski definition) is 0. The number of halogens is 1. The summed E-state index contributed by atoms with van der Waals surface area (Å²) in [4.78, 5) is 12.4. The smallest absolute Gasteiger partial charge is 0.243 e. The van der Waals surface area contributed by atoms with Crippen molar-refractivity contribution in [3.63, 3.8) is 0 Å². The monoisotopic (exact) mass is 475 g/mol. The lowest BCUT2D eigenvalue weighted by atomic mass is 9.66. The summed E-state index contributed by atoms with van der Waals surface area (Å²) in [6, 6.07) is 22.9. The molecule has 0 N–H and O–H groups in total. The number of ketones is 1. The number of sulfonamides is 1. The van der Waals surface area contributed by atoms with Crippen LogP contribution in [0.4, 0.5) is 4.39 Å². The van der Waals surface area contributed by atoms with Gasteiger partial charge in [0.15, 0.2) is 5.78 Å². The van der Waals surface area contributed by atoms with Crippen molar-refractivity contribution in [2.45, 2.75) is 30.6 Å². The summed E-state index contributed by atoms with van der Waals surface area (Å²) in [6.07, 6.45) is 4.13. The third-order valence-electron chi connectivity index (χ3n) is 7.03. The molecule has 2 aliphatic rings. The summed E-state index contributed by atoms with van der Waals surface area (Å²) in [5.41, 5.74) is 3.51. The first-order valence-corrected chi connectivity index (χ1v) is 12.9. The van der Waals surface area contributed by atoms with Crippen molar-refractivity contribution < 1.29 is 17.6 Å². The molecular formula is C28H26FNO3S. The van der Waals surface area contributed by atoms with E-state index in [1.807, 2.05) is 18.2 Å². The van der Waals surface area contributed by atoms with Crippen LogP contribution in [0, 0.1) is 11.2 Å². The molecule has 3 aromatic rings. The highest BCUT2D eigenvalue weighted by atomic mass is 32.2. The first kappa shape index (κ1) is 22.7. The van der Waals surface area contributed by atoms with Crippen LogP contribution in [0.25, 0.3) is 11.1 Å². The van der Waals surface area contributed by atoms with Crippen molar-refractivity contribution in [3.8, 4) is 11.1 Å². The van der Waals surface area contributed by atoms with Crippen LogP contribution < -0.4 is 0 Å². The number of rotatable bonds is 5. The molecule has 34 heavy (non-hydrogen) atoms. The minimum absolute atomic E-state index is 0.131. The van der Waals surface area contributed by atoms with Crippen LogP contribution in [0.2, 0.25) is 0 Å². The number of carbonyl (C=O) groups is 1. The highest BCUT2D eigenvalue weighted by molar-refractivity contribution is 7.89. The second kappa shape index (κ2) is 8.93. The summed E-state index contributed by atoms with van der Waals surface area (Å²) in [6.45, 7) is 0.723. The van der Waals surface area contributed by atoms with Crippen molar-refractivity contribution in [1.29, 1.82) is 0 Å². The summed E-state index contributed by atoms with van der Waals surface area (Å²) in [7, 11) is -3.70. The molecule has 1 aliphatic heterocycles. The van der Waals surface area contributed by atoms with Gasteiger partial charge in [-0.2, -0.15) is 4.31 Å². The van der Waals surface area contributed by atoms with E-state index < -0.39 is 10.0 Å². The van der Waals surface area contributed by atoms with E-state index in [0.717, 1.165) is 22.3 Å². The number of carbonyl (C=O) groups excluding carboxylic acids is 1. The van der Waals surface area contributed by atoms with Gasteiger partial charge in [0.1, 0.15) is 5.82 Å². The lowest BCUT2D eigenvalue weighted by Crippen LogP contribution is -2.49. The molecule has 0 amide bonds. The molecule has 1 fully saturated rings. The Morgan fingerprint density at radius 1 is 0.853 bits per heavy atom. The van der Waals surface area contributed by atoms with E-state index >= 15 is 0 Å². The van der Waals surface area contributed by atoms with Crippen molar-refractivity contribution >= 4 is 15.8 Å². The summed E-state index contributed by atoms with van der Waals surface area (Å²) >= 11 is 0. The molecule has 1 saturated heterocycles. The maximum absolute atomic E-state index is 13.6. The van der Waals surface area contributed by atoms with E-state index in [1.54, 1.807) is 46.8 Å². The Balaban J connectivity index is 1.43. The van der Waals surface area contributed by atoms with Gasteiger partial charge in [0, 0.05) is 24.9 Å². The predicted octanol–water partition coefficient (Wildman–Crippen LogP) is 5.41. The summed E-state index contributed by atoms with van der Waals surface area (Å²) < 4.78 is 42.0. The Labute approximate surface area is 199 Å². The van der Waals surface area contributed by atoms with Crippen LogP contribution in [0.5, 0.6) is 0 Å². The molecule has 1 atom stereocenters. The minimum Gasteiger partial charge on any atom is -0.295 e. The molecule has 1 unspecified atom stereocenters. The molecule has 174 valence electrons. The molecule has 0 radical (unpaired) electrons. The van der Waals surface area contributed by atoms with Gasteiger partial charge in [-0.25, -0.2) is 12.8 Å². The van der Waals surface area contributed by atoms with Crippen molar-refractivity contribution in [3.05, 3.63) is 102 Å². The highest BCUT2D eigenvalue weighted by Crippen LogP contribution is 2.46. The predicted molar refractivity (Wildman–Crippen MR) is 130 cm³/mol. The van der Waals surface area contributed by atoms with Crippen LogP contribution in [-0.4, -0.2) is 31.6 Å². The van der Waals surface area contributed by atoms with Gasteiger partial charge >= 0.3 is 0 Å². The fourth-order valence-corrected chi connectivity index (χ4v) is 6.71. The number of fused-ring (bicyclic) bond motifs is 1. The zero-order valence-electron chi connectivity index (χ0n) is 18.8. The number of nitrogens with zero attached hydrogens (tertiary/aromatic N) is 1. The molecule has 0 saturated carbocycles. The molecule has 6 heteroatoms. The molecule has 0 aromatic heterocycles. The topological polar surface area (TPSA) is 54.5 Å².